The van der Waals surface area contributed by atoms with Gasteiger partial charge < -0.3 is 30.4 Å². The minimum absolute atomic E-state index is 0. The van der Waals surface area contributed by atoms with E-state index in [2.05, 4.69) is 0 Å². The summed E-state index contributed by atoms with van der Waals surface area (Å²) in [6.07, 6.45) is -0.873. The van der Waals surface area contributed by atoms with E-state index in [0.717, 1.165) is 0 Å². The van der Waals surface area contributed by atoms with Crippen LogP contribution in [0.1, 0.15) is 6.42 Å². The normalized spacial score (nSPS) is 13.6. The first-order valence-corrected chi connectivity index (χ1v) is 6.32. The Morgan fingerprint density at radius 1 is 1.07 bits per heavy atom. The van der Waals surface area contributed by atoms with E-state index in [1.807, 2.05) is 0 Å². The fourth-order valence-corrected chi connectivity index (χ4v) is 2.85. The Bertz CT molecular complexity index is 248. The quantitative estimate of drug-likeness (QED) is 0.333. The molecular weight excluding hydrogens is 323 g/mol. The molecule has 0 heterocycles. The van der Waals surface area contributed by atoms with Crippen LogP contribution in [0.2, 0.25) is 0 Å². The van der Waals surface area contributed by atoms with Crippen LogP contribution in [0.25, 0.3) is 0 Å². The number of hydrogen-bond acceptors (Lipinski definition) is 4. The van der Waals surface area contributed by atoms with Crippen LogP contribution in [0, 0.1) is 0 Å². The van der Waals surface area contributed by atoms with Crippen LogP contribution in [0.3, 0.4) is 0 Å². The van der Waals surface area contributed by atoms with Gasteiger partial charge in [0.15, 0.2) is 0 Å². The van der Waals surface area contributed by atoms with Crippen LogP contribution < -0.4 is 5.73 Å². The fraction of sp³-hybridized carbons (Fsp3) is 1.00. The standard InChI is InChI=1S/C3H11NO7P2.Tc/c4-2-1-3(5,12(6,7)8)13(9,10)11;/h5H,1-2,4H2,(H2,6,7,8)(H2,9,10,11);/i;1+1. The van der Waals surface area contributed by atoms with Gasteiger partial charge in [-0.1, -0.05) is 0 Å². The molecule has 0 aromatic rings. The molecule has 0 aliphatic heterocycles. The zero-order valence-corrected chi connectivity index (χ0v) is 10.5. The van der Waals surface area contributed by atoms with Gasteiger partial charge in [0.05, 0.1) is 0 Å². The molecule has 0 unspecified atom stereocenters. The van der Waals surface area contributed by atoms with Crippen molar-refractivity contribution >= 4 is 15.2 Å². The molecule has 0 aromatic heterocycles. The third-order valence-electron chi connectivity index (χ3n) is 1.41. The van der Waals surface area contributed by atoms with Crippen LogP contribution in [-0.4, -0.2) is 36.3 Å². The van der Waals surface area contributed by atoms with E-state index in [1.165, 1.54) is 0 Å². The fourth-order valence-electron chi connectivity index (χ4n) is 0.655. The van der Waals surface area contributed by atoms with Crippen LogP contribution >= 0.6 is 15.2 Å². The first-order chi connectivity index (χ1) is 5.56. The molecule has 0 bridgehead atoms. The Hall–Kier alpha value is 0.869. The summed E-state index contributed by atoms with van der Waals surface area (Å²) in [6.45, 7) is -0.452. The molecule has 0 fully saturated rings. The zero-order valence-electron chi connectivity index (χ0n) is 6.82. The van der Waals surface area contributed by atoms with Crippen molar-refractivity contribution in [3.05, 3.63) is 0 Å². The van der Waals surface area contributed by atoms with Crippen molar-refractivity contribution in [1.82, 2.24) is 0 Å². The molecular formula is C3H11NO7P2Tc. The summed E-state index contributed by atoms with van der Waals surface area (Å²) in [6, 6.07) is 0. The second kappa shape index (κ2) is 5.27. The van der Waals surface area contributed by atoms with Gasteiger partial charge in [-0.15, -0.1) is 0 Å². The molecule has 87 valence electrons. The van der Waals surface area contributed by atoms with Crippen molar-refractivity contribution in [2.45, 2.75) is 11.5 Å². The SMILES string of the molecule is NCCC(O)(P(=O)(O)O)P(=O)(O)O.[99Tc]. The summed E-state index contributed by atoms with van der Waals surface area (Å²) in [7, 11) is -10.6. The van der Waals surface area contributed by atoms with E-state index in [0.29, 0.717) is 0 Å². The second-order valence-corrected chi connectivity index (χ2v) is 6.41. The van der Waals surface area contributed by atoms with Gasteiger partial charge in [-0.2, -0.15) is 0 Å². The topological polar surface area (TPSA) is 161 Å². The van der Waals surface area contributed by atoms with Crippen molar-refractivity contribution in [2.75, 3.05) is 6.54 Å². The van der Waals surface area contributed by atoms with E-state index >= 15 is 0 Å². The molecule has 14 heavy (non-hydrogen) atoms. The van der Waals surface area contributed by atoms with Crippen molar-refractivity contribution < 1.29 is 53.9 Å². The maximum absolute atomic E-state index is 10.6. The molecule has 7 N–H and O–H groups in total. The zero-order chi connectivity index (χ0) is 10.9. The van der Waals surface area contributed by atoms with Gasteiger partial charge in [0.1, 0.15) is 0 Å². The number of hydrogen-bond donors (Lipinski definition) is 6. The summed E-state index contributed by atoms with van der Waals surface area (Å²) in [5, 5.41) is 5.71. The third kappa shape index (κ3) is 3.47. The van der Waals surface area contributed by atoms with Gasteiger partial charge in [-0.25, -0.2) is 0 Å². The van der Waals surface area contributed by atoms with Gasteiger partial charge in [0, 0.05) is 26.5 Å². The molecule has 0 spiro atoms. The van der Waals surface area contributed by atoms with Gasteiger partial charge in [-0.3, -0.25) is 9.13 Å². The Morgan fingerprint density at radius 3 is 1.43 bits per heavy atom. The molecule has 0 aromatic carbocycles. The van der Waals surface area contributed by atoms with Crippen molar-refractivity contribution in [1.29, 1.82) is 0 Å². The molecule has 8 nitrogen and oxygen atoms in total. The van der Waals surface area contributed by atoms with Gasteiger partial charge in [-0.05, 0) is 6.54 Å². The van der Waals surface area contributed by atoms with Crippen LogP contribution in [0.5, 0.6) is 0 Å². The van der Waals surface area contributed by atoms with Crippen LogP contribution in [0.4, 0.5) is 0 Å². The molecule has 0 amide bonds. The van der Waals surface area contributed by atoms with Gasteiger partial charge in [0.2, 0.25) is 0 Å². The summed E-state index contributed by atoms with van der Waals surface area (Å²) in [4.78, 5) is 34.1. The Labute approximate surface area is 93.2 Å². The average molecular weight is 334 g/mol. The molecule has 0 saturated heterocycles. The third-order valence-corrected chi connectivity index (χ3v) is 5.29. The summed E-state index contributed by atoms with van der Waals surface area (Å²) in [5.74, 6) is 0. The summed E-state index contributed by atoms with van der Waals surface area (Å²) >= 11 is 0. The van der Waals surface area contributed by atoms with Crippen LogP contribution in [-0.2, 0) is 29.2 Å². The Balaban J connectivity index is 0. The van der Waals surface area contributed by atoms with Crippen molar-refractivity contribution in [3.8, 4) is 0 Å². The van der Waals surface area contributed by atoms with E-state index < -0.39 is 33.2 Å². The largest absolute Gasteiger partial charge is 0.369 e. The molecule has 0 aliphatic rings. The van der Waals surface area contributed by atoms with E-state index in [4.69, 9.17) is 30.4 Å². The first kappa shape index (κ1) is 17.3. The first-order valence-electron chi connectivity index (χ1n) is 3.10. The molecule has 0 saturated carbocycles. The summed E-state index contributed by atoms with van der Waals surface area (Å²) < 4.78 is 21.2. The maximum Gasteiger partial charge on any atom is 0.369 e. The van der Waals surface area contributed by atoms with E-state index in [1.54, 1.807) is 0 Å². The summed E-state index contributed by atoms with van der Waals surface area (Å²) in [5.41, 5.74) is 4.86. The minimum Gasteiger partial charge on any atom is -0.367 e. The predicted octanol–water partition coefficient (Wildman–Crippen LogP) is -1.67. The Morgan fingerprint density at radius 2 is 1.36 bits per heavy atom. The second-order valence-electron chi connectivity index (χ2n) is 2.40. The van der Waals surface area contributed by atoms with Crippen molar-refractivity contribution in [3.63, 3.8) is 0 Å². The maximum atomic E-state index is 10.6. The predicted molar refractivity (Wildman–Crippen MR) is 42.7 cm³/mol. The average Bonchev–Trinajstić information content (AvgIpc) is 1.82. The molecule has 0 rings (SSSR count). The minimum atomic E-state index is -5.31. The van der Waals surface area contributed by atoms with Gasteiger partial charge in [0.25, 0.3) is 5.08 Å². The molecule has 11 heteroatoms. The molecule has 1 radical (unpaired) electrons. The number of rotatable bonds is 4. The molecule has 0 aliphatic carbocycles. The monoisotopic (exact) mass is 334 g/mol. The van der Waals surface area contributed by atoms with Crippen molar-refractivity contribution in [2.24, 2.45) is 5.73 Å². The Kier molecular flexibility index (Phi) is 6.51. The van der Waals surface area contributed by atoms with Crippen LogP contribution in [0.15, 0.2) is 0 Å². The van der Waals surface area contributed by atoms with Gasteiger partial charge >= 0.3 is 15.2 Å². The smallest absolute Gasteiger partial charge is 0.367 e. The van der Waals surface area contributed by atoms with E-state index in [9.17, 15) is 9.13 Å². The number of aliphatic hydroxyl groups is 1. The van der Waals surface area contributed by atoms with E-state index in [-0.39, 0.29) is 20.1 Å². The molecule has 0 atom stereocenters. The number of nitrogens with two attached hydrogens (primary N) is 1.